The van der Waals surface area contributed by atoms with Crippen molar-refractivity contribution >= 4 is 15.9 Å². The molecule has 0 saturated carbocycles. The minimum Gasteiger partial charge on any atom is -0.493 e. The number of sulfone groups is 1. The van der Waals surface area contributed by atoms with Gasteiger partial charge in [0.25, 0.3) is 0 Å². The third kappa shape index (κ3) is 6.60. The second-order valence-corrected chi connectivity index (χ2v) is 13.0. The molecular weight excluding hydrogens is 580 g/mol. The summed E-state index contributed by atoms with van der Waals surface area (Å²) in [4.78, 5) is 15.7. The van der Waals surface area contributed by atoms with Crippen LogP contribution >= 0.6 is 0 Å². The fourth-order valence-corrected chi connectivity index (χ4v) is 7.91. The highest BCUT2D eigenvalue weighted by atomic mass is 32.2. The number of nitrogens with zero attached hydrogens (tertiary/aromatic N) is 1. The Labute approximate surface area is 261 Å². The van der Waals surface area contributed by atoms with Crippen LogP contribution in [0.5, 0.6) is 23.0 Å². The predicted molar refractivity (Wildman–Crippen MR) is 171 cm³/mol. The van der Waals surface area contributed by atoms with Crippen molar-refractivity contribution < 1.29 is 32.2 Å². The Hall–Kier alpha value is -3.92. The number of hydrogen-bond acceptors (Lipinski definition) is 7. The number of hydrogen-bond donors (Lipinski definition) is 1. The zero-order valence-corrected chi connectivity index (χ0v) is 27.5. The van der Waals surface area contributed by atoms with Crippen molar-refractivity contribution in [3.05, 3.63) is 76.3 Å². The molecule has 2 unspecified atom stereocenters. The molecule has 2 amide bonds. The first-order valence-electron chi connectivity index (χ1n) is 15.0. The number of aryl methyl sites for hydroxylation is 1. The van der Waals surface area contributed by atoms with Crippen molar-refractivity contribution in [1.82, 2.24) is 10.2 Å². The molecule has 9 nitrogen and oxygen atoms in total. The summed E-state index contributed by atoms with van der Waals surface area (Å²) in [7, 11) is 2.60. The van der Waals surface area contributed by atoms with Crippen LogP contribution in [0.25, 0.3) is 0 Å². The summed E-state index contributed by atoms with van der Waals surface area (Å²) < 4.78 is 49.8. The van der Waals surface area contributed by atoms with E-state index in [9.17, 15) is 13.2 Å². The number of benzene rings is 3. The van der Waals surface area contributed by atoms with Crippen LogP contribution in [-0.4, -0.2) is 60.9 Å². The van der Waals surface area contributed by atoms with Crippen molar-refractivity contribution in [2.24, 2.45) is 0 Å². The zero-order valence-electron chi connectivity index (χ0n) is 26.7. The van der Waals surface area contributed by atoms with Gasteiger partial charge >= 0.3 is 6.03 Å². The maximum absolute atomic E-state index is 13.9. The number of carbonyl (C=O) groups excluding carboxylic acids is 1. The molecule has 3 aromatic carbocycles. The summed E-state index contributed by atoms with van der Waals surface area (Å²) in [6, 6.07) is 14.2. The smallest absolute Gasteiger partial charge is 0.317 e. The first-order chi connectivity index (χ1) is 21.1. The Kier molecular flexibility index (Phi) is 10.7. The van der Waals surface area contributed by atoms with Crippen molar-refractivity contribution in [3.8, 4) is 23.0 Å². The lowest BCUT2D eigenvalue weighted by Crippen LogP contribution is -2.46. The Morgan fingerprint density at radius 3 is 2.09 bits per heavy atom. The lowest BCUT2D eigenvalue weighted by molar-refractivity contribution is 0.167. The van der Waals surface area contributed by atoms with Gasteiger partial charge in [-0.3, -0.25) is 0 Å². The molecule has 2 atom stereocenters. The van der Waals surface area contributed by atoms with Gasteiger partial charge in [0.15, 0.2) is 32.8 Å². The van der Waals surface area contributed by atoms with Crippen LogP contribution < -0.4 is 24.3 Å². The lowest BCUT2D eigenvalue weighted by atomic mass is 9.90. The van der Waals surface area contributed by atoms with E-state index in [1.54, 1.807) is 51.7 Å². The van der Waals surface area contributed by atoms with Crippen LogP contribution in [0.4, 0.5) is 4.79 Å². The highest BCUT2D eigenvalue weighted by Crippen LogP contribution is 2.41. The quantitative estimate of drug-likeness (QED) is 0.255. The number of fused-ring (bicyclic) bond motifs is 1. The van der Waals surface area contributed by atoms with E-state index >= 15 is 0 Å². The average Bonchev–Trinajstić information content (AvgIpc) is 3.03. The summed E-state index contributed by atoms with van der Waals surface area (Å²) in [6.45, 7) is 6.73. The van der Waals surface area contributed by atoms with Gasteiger partial charge in [-0.15, -0.1) is 0 Å². The zero-order chi connectivity index (χ0) is 32.0. The second kappa shape index (κ2) is 14.2. The summed E-state index contributed by atoms with van der Waals surface area (Å²) in [5.41, 5.74) is 4.60. The summed E-state index contributed by atoms with van der Waals surface area (Å²) >= 11 is 0. The minimum atomic E-state index is -3.71. The fourth-order valence-electron chi connectivity index (χ4n) is 6.07. The normalized spacial score (nSPS) is 15.2. The van der Waals surface area contributed by atoms with Crippen molar-refractivity contribution in [3.63, 3.8) is 0 Å². The number of ether oxygens (including phenoxy) is 4. The van der Waals surface area contributed by atoms with Gasteiger partial charge in [0.2, 0.25) is 0 Å². The number of methoxy groups -OCH3 is 4. The molecule has 1 heterocycles. The average molecular weight is 625 g/mol. The fraction of sp³-hybridized carbons (Fsp3) is 0.441. The molecule has 0 saturated heterocycles. The van der Waals surface area contributed by atoms with Crippen LogP contribution in [-0.2, 0) is 22.7 Å². The maximum atomic E-state index is 13.9. The van der Waals surface area contributed by atoms with Gasteiger partial charge in [-0.05, 0) is 91.3 Å². The van der Waals surface area contributed by atoms with Gasteiger partial charge in [-0.1, -0.05) is 31.5 Å². The van der Waals surface area contributed by atoms with Crippen LogP contribution in [0.15, 0.2) is 53.4 Å². The molecule has 1 aliphatic rings. The Balaban J connectivity index is 1.58. The second-order valence-electron chi connectivity index (χ2n) is 10.9. The molecule has 0 aliphatic carbocycles. The van der Waals surface area contributed by atoms with Gasteiger partial charge in [0.05, 0.1) is 44.6 Å². The number of carbonyl (C=O) groups is 1. The molecule has 4 rings (SSSR count). The lowest BCUT2D eigenvalue weighted by Gasteiger charge is -2.37. The molecule has 1 aliphatic heterocycles. The number of rotatable bonds is 12. The molecule has 0 fully saturated rings. The summed E-state index contributed by atoms with van der Waals surface area (Å²) in [5, 5.41) is 2.28. The monoisotopic (exact) mass is 624 g/mol. The first kappa shape index (κ1) is 33.0. The first-order valence-corrected chi connectivity index (χ1v) is 16.5. The molecule has 1 N–H and O–H groups in total. The predicted octanol–water partition coefficient (Wildman–Crippen LogP) is 6.22. The SMILES string of the molecule is CCC1c2cc(OC)c(OC)cc2CCN1C(=O)NCCc1cc(OC)c(OC)cc1C(CC)S(=O)(=O)c1ccc(C)cc1. The topological polar surface area (TPSA) is 103 Å². The van der Waals surface area contributed by atoms with E-state index in [0.29, 0.717) is 60.9 Å². The van der Waals surface area contributed by atoms with E-state index in [2.05, 4.69) is 12.2 Å². The van der Waals surface area contributed by atoms with Gasteiger partial charge in [0.1, 0.15) is 0 Å². The number of nitrogens with one attached hydrogen (secondary N) is 1. The van der Waals surface area contributed by atoms with Crippen molar-refractivity contribution in [2.75, 3.05) is 41.5 Å². The van der Waals surface area contributed by atoms with Crippen LogP contribution in [0.3, 0.4) is 0 Å². The standard InChI is InChI=1S/C34H44N2O7S/c1-8-28-26-20-31(42-6)30(41-5)19-24(26)15-17-36(28)34(37)35-16-14-23-18-29(40-4)32(43-7)21-27(23)33(9-2)44(38,39)25-12-10-22(3)11-13-25/h10-13,18-21,28,33H,8-9,14-17H2,1-7H3,(H,35,37). The number of urea groups is 1. The molecule has 0 spiro atoms. The third-order valence-corrected chi connectivity index (χ3v) is 10.7. The van der Waals surface area contributed by atoms with Crippen LogP contribution in [0.1, 0.15) is 65.8 Å². The Morgan fingerprint density at radius 1 is 0.909 bits per heavy atom. The van der Waals surface area contributed by atoms with E-state index in [-0.39, 0.29) is 17.0 Å². The Bertz CT molecular complexity index is 1570. The van der Waals surface area contributed by atoms with E-state index in [1.807, 2.05) is 36.9 Å². The molecule has 10 heteroatoms. The third-order valence-electron chi connectivity index (χ3n) is 8.41. The molecule has 3 aromatic rings. The van der Waals surface area contributed by atoms with Gasteiger partial charge in [0, 0.05) is 13.1 Å². The van der Waals surface area contributed by atoms with Crippen molar-refractivity contribution in [1.29, 1.82) is 0 Å². The minimum absolute atomic E-state index is 0.112. The largest absolute Gasteiger partial charge is 0.493 e. The maximum Gasteiger partial charge on any atom is 0.317 e. The Morgan fingerprint density at radius 2 is 1.50 bits per heavy atom. The molecule has 0 aromatic heterocycles. The van der Waals surface area contributed by atoms with E-state index in [4.69, 9.17) is 18.9 Å². The molecule has 0 bridgehead atoms. The summed E-state index contributed by atoms with van der Waals surface area (Å²) in [5.74, 6) is 2.28. The highest BCUT2D eigenvalue weighted by Gasteiger charge is 2.32. The van der Waals surface area contributed by atoms with Gasteiger partial charge in [-0.2, -0.15) is 0 Å². The van der Waals surface area contributed by atoms with E-state index < -0.39 is 15.1 Å². The molecule has 0 radical (unpaired) electrons. The van der Waals surface area contributed by atoms with Crippen LogP contribution in [0.2, 0.25) is 0 Å². The number of amides is 2. The highest BCUT2D eigenvalue weighted by molar-refractivity contribution is 7.91. The molecule has 238 valence electrons. The van der Waals surface area contributed by atoms with E-state index in [0.717, 1.165) is 28.7 Å². The van der Waals surface area contributed by atoms with E-state index in [1.165, 1.54) is 7.11 Å². The van der Waals surface area contributed by atoms with Crippen LogP contribution in [0, 0.1) is 6.92 Å². The molecule has 44 heavy (non-hydrogen) atoms. The van der Waals surface area contributed by atoms with Gasteiger partial charge in [-0.25, -0.2) is 13.2 Å². The van der Waals surface area contributed by atoms with Crippen molar-refractivity contribution in [2.45, 2.75) is 62.6 Å². The summed E-state index contributed by atoms with van der Waals surface area (Å²) in [6.07, 6.45) is 2.22. The van der Waals surface area contributed by atoms with Gasteiger partial charge < -0.3 is 29.2 Å². The molecular formula is C34H44N2O7S.